The van der Waals surface area contributed by atoms with Crippen molar-refractivity contribution in [1.29, 1.82) is 0 Å². The van der Waals surface area contributed by atoms with Crippen molar-refractivity contribution in [2.24, 2.45) is 0 Å². The summed E-state index contributed by atoms with van der Waals surface area (Å²) in [5.41, 5.74) is 2.13. The number of pyridine rings is 1. The lowest BCUT2D eigenvalue weighted by molar-refractivity contribution is 0.102. The summed E-state index contributed by atoms with van der Waals surface area (Å²) in [5.74, 6) is 0.271. The summed E-state index contributed by atoms with van der Waals surface area (Å²) >= 11 is 12.1. The van der Waals surface area contributed by atoms with Gasteiger partial charge < -0.3 is 15.4 Å². The van der Waals surface area contributed by atoms with Crippen LogP contribution in [0.15, 0.2) is 60.8 Å². The quantitative estimate of drug-likeness (QED) is 0.615. The molecule has 1 amide bonds. The number of para-hydroxylation sites is 1. The lowest BCUT2D eigenvalue weighted by Crippen LogP contribution is -2.14. The number of ether oxygens (including phenoxy) is 1. The van der Waals surface area contributed by atoms with Crippen LogP contribution < -0.4 is 15.4 Å². The van der Waals surface area contributed by atoms with E-state index >= 15 is 0 Å². The van der Waals surface area contributed by atoms with E-state index in [0.29, 0.717) is 32.9 Å². The smallest absolute Gasteiger partial charge is 0.274 e. The van der Waals surface area contributed by atoms with Crippen molar-refractivity contribution >= 4 is 46.2 Å². The van der Waals surface area contributed by atoms with E-state index in [9.17, 15) is 4.79 Å². The van der Waals surface area contributed by atoms with Gasteiger partial charge in [0.25, 0.3) is 5.91 Å². The number of carbonyl (C=O) groups excluding carboxylic acids is 1. The Labute approximate surface area is 160 Å². The highest BCUT2D eigenvalue weighted by atomic mass is 35.5. The van der Waals surface area contributed by atoms with E-state index in [2.05, 4.69) is 15.6 Å². The third-order valence-corrected chi connectivity index (χ3v) is 4.12. The van der Waals surface area contributed by atoms with Crippen LogP contribution in [0.4, 0.5) is 17.1 Å². The average Bonchev–Trinajstić information content (AvgIpc) is 2.64. The Kier molecular flexibility index (Phi) is 5.61. The minimum absolute atomic E-state index is 0.246. The number of amides is 1. The number of halogens is 2. The molecule has 7 heteroatoms. The van der Waals surface area contributed by atoms with Crippen molar-refractivity contribution in [2.45, 2.75) is 0 Å². The molecular formula is C19H15Cl2N3O2. The summed E-state index contributed by atoms with van der Waals surface area (Å²) in [5, 5.41) is 6.95. The van der Waals surface area contributed by atoms with Crippen LogP contribution in [0, 0.1) is 0 Å². The number of hydrogen-bond acceptors (Lipinski definition) is 4. The summed E-state index contributed by atoms with van der Waals surface area (Å²) < 4.78 is 5.31. The Bertz CT molecular complexity index is 948. The minimum Gasteiger partial charge on any atom is -0.495 e. The molecule has 26 heavy (non-hydrogen) atoms. The molecule has 2 N–H and O–H groups in total. The molecular weight excluding hydrogens is 373 g/mol. The lowest BCUT2D eigenvalue weighted by Gasteiger charge is -2.12. The number of aromatic nitrogens is 1. The van der Waals surface area contributed by atoms with Gasteiger partial charge in [-0.15, -0.1) is 0 Å². The van der Waals surface area contributed by atoms with Crippen molar-refractivity contribution in [3.63, 3.8) is 0 Å². The maximum absolute atomic E-state index is 12.4. The van der Waals surface area contributed by atoms with E-state index in [-0.39, 0.29) is 11.6 Å². The highest BCUT2D eigenvalue weighted by Gasteiger charge is 2.11. The van der Waals surface area contributed by atoms with E-state index < -0.39 is 0 Å². The number of rotatable bonds is 5. The Morgan fingerprint density at radius 2 is 1.85 bits per heavy atom. The monoisotopic (exact) mass is 387 g/mol. The molecule has 132 valence electrons. The van der Waals surface area contributed by atoms with Crippen LogP contribution in [0.5, 0.6) is 5.75 Å². The second-order valence-corrected chi connectivity index (χ2v) is 6.18. The molecule has 0 atom stereocenters. The summed E-state index contributed by atoms with van der Waals surface area (Å²) in [6.45, 7) is 0. The first-order chi connectivity index (χ1) is 12.6. The number of benzene rings is 2. The fourth-order valence-corrected chi connectivity index (χ4v) is 2.67. The van der Waals surface area contributed by atoms with Crippen LogP contribution in [0.1, 0.15) is 10.5 Å². The standard InChI is InChI=1S/C19H15Cl2N3O2/c1-26-18-7-6-12(20)10-16(18)23-13-8-9-22-17(11-13)19(25)24-15-5-3-2-4-14(15)21/h2-11H,1H3,(H,22,23)(H,24,25). The van der Waals surface area contributed by atoms with Crippen LogP contribution in [0.3, 0.4) is 0 Å². The topological polar surface area (TPSA) is 63.2 Å². The third-order valence-electron chi connectivity index (χ3n) is 3.56. The van der Waals surface area contributed by atoms with Gasteiger partial charge in [0, 0.05) is 16.9 Å². The van der Waals surface area contributed by atoms with Gasteiger partial charge in [-0.3, -0.25) is 9.78 Å². The summed E-state index contributed by atoms with van der Waals surface area (Å²) in [7, 11) is 1.57. The summed E-state index contributed by atoms with van der Waals surface area (Å²) in [6.07, 6.45) is 1.54. The van der Waals surface area contributed by atoms with Gasteiger partial charge >= 0.3 is 0 Å². The van der Waals surface area contributed by atoms with Gasteiger partial charge in [-0.2, -0.15) is 0 Å². The largest absolute Gasteiger partial charge is 0.495 e. The fourth-order valence-electron chi connectivity index (χ4n) is 2.31. The maximum Gasteiger partial charge on any atom is 0.274 e. The van der Waals surface area contributed by atoms with E-state index in [1.807, 2.05) is 0 Å². The van der Waals surface area contributed by atoms with Gasteiger partial charge in [-0.1, -0.05) is 35.3 Å². The number of nitrogens with one attached hydrogen (secondary N) is 2. The first-order valence-electron chi connectivity index (χ1n) is 7.69. The third kappa shape index (κ3) is 4.25. The van der Waals surface area contributed by atoms with Crippen LogP contribution in [0.2, 0.25) is 10.0 Å². The fraction of sp³-hybridized carbons (Fsp3) is 0.0526. The molecule has 0 aliphatic carbocycles. The highest BCUT2D eigenvalue weighted by Crippen LogP contribution is 2.30. The molecule has 0 saturated carbocycles. The zero-order valence-electron chi connectivity index (χ0n) is 13.8. The molecule has 5 nitrogen and oxygen atoms in total. The van der Waals surface area contributed by atoms with Crippen molar-refractivity contribution in [3.05, 3.63) is 76.5 Å². The number of nitrogens with zero attached hydrogens (tertiary/aromatic N) is 1. The Morgan fingerprint density at radius 3 is 2.62 bits per heavy atom. The van der Waals surface area contributed by atoms with E-state index in [1.165, 1.54) is 0 Å². The van der Waals surface area contributed by atoms with Crippen molar-refractivity contribution < 1.29 is 9.53 Å². The van der Waals surface area contributed by atoms with E-state index in [4.69, 9.17) is 27.9 Å². The van der Waals surface area contributed by atoms with Gasteiger partial charge in [0.1, 0.15) is 11.4 Å². The Hall–Kier alpha value is -2.76. The Morgan fingerprint density at radius 1 is 1.04 bits per heavy atom. The summed E-state index contributed by atoms with van der Waals surface area (Å²) in [4.78, 5) is 16.6. The number of anilines is 3. The molecule has 1 aromatic heterocycles. The summed E-state index contributed by atoms with van der Waals surface area (Å²) in [6, 6.07) is 15.6. The van der Waals surface area contributed by atoms with Crippen LogP contribution >= 0.6 is 23.2 Å². The Balaban J connectivity index is 1.81. The minimum atomic E-state index is -0.361. The molecule has 0 spiro atoms. The van der Waals surface area contributed by atoms with Gasteiger partial charge in [-0.25, -0.2) is 0 Å². The average molecular weight is 388 g/mol. The van der Waals surface area contributed by atoms with Crippen LogP contribution in [0.25, 0.3) is 0 Å². The second kappa shape index (κ2) is 8.08. The van der Waals surface area contributed by atoms with Gasteiger partial charge in [-0.05, 0) is 42.5 Å². The van der Waals surface area contributed by atoms with Crippen LogP contribution in [-0.4, -0.2) is 18.0 Å². The molecule has 0 radical (unpaired) electrons. The van der Waals surface area contributed by atoms with Crippen molar-refractivity contribution in [3.8, 4) is 5.75 Å². The molecule has 0 aliphatic heterocycles. The molecule has 0 unspecified atom stereocenters. The molecule has 0 aliphatic rings. The van der Waals surface area contributed by atoms with Gasteiger partial charge in [0.2, 0.25) is 0 Å². The number of hydrogen-bond donors (Lipinski definition) is 2. The first kappa shape index (κ1) is 18.0. The predicted octanol–water partition coefficient (Wildman–Crippen LogP) is 5.39. The number of carbonyl (C=O) groups is 1. The van der Waals surface area contributed by atoms with Crippen molar-refractivity contribution in [2.75, 3.05) is 17.7 Å². The first-order valence-corrected chi connectivity index (χ1v) is 8.45. The maximum atomic E-state index is 12.4. The van der Waals surface area contributed by atoms with E-state index in [0.717, 1.165) is 0 Å². The SMILES string of the molecule is COc1ccc(Cl)cc1Nc1ccnc(C(=O)Nc2ccccc2Cl)c1. The zero-order chi connectivity index (χ0) is 18.5. The molecule has 1 heterocycles. The zero-order valence-corrected chi connectivity index (χ0v) is 15.3. The van der Waals surface area contributed by atoms with Crippen molar-refractivity contribution in [1.82, 2.24) is 4.98 Å². The molecule has 0 saturated heterocycles. The van der Waals surface area contributed by atoms with Crippen LogP contribution in [-0.2, 0) is 0 Å². The highest BCUT2D eigenvalue weighted by molar-refractivity contribution is 6.33. The molecule has 0 fully saturated rings. The van der Waals surface area contributed by atoms with Gasteiger partial charge in [0.15, 0.2) is 0 Å². The lowest BCUT2D eigenvalue weighted by atomic mass is 10.2. The molecule has 2 aromatic carbocycles. The number of methoxy groups -OCH3 is 1. The molecule has 3 rings (SSSR count). The molecule has 3 aromatic rings. The second-order valence-electron chi connectivity index (χ2n) is 5.33. The predicted molar refractivity (Wildman–Crippen MR) is 105 cm³/mol. The molecule has 0 bridgehead atoms. The van der Waals surface area contributed by atoms with Gasteiger partial charge in [0.05, 0.1) is 23.5 Å². The van der Waals surface area contributed by atoms with E-state index in [1.54, 1.807) is 67.9 Å². The normalized spacial score (nSPS) is 10.3.